The summed E-state index contributed by atoms with van der Waals surface area (Å²) in [5.74, 6) is 0.815. The van der Waals surface area contributed by atoms with E-state index < -0.39 is 0 Å². The zero-order valence-electron chi connectivity index (χ0n) is 5.70. The highest BCUT2D eigenvalue weighted by molar-refractivity contribution is 6.08. The maximum absolute atomic E-state index is 4.14. The third-order valence-corrected chi connectivity index (χ3v) is 1.93. The quantitative estimate of drug-likeness (QED) is 0.510. The first-order valence-electron chi connectivity index (χ1n) is 3.46. The predicted octanol–water partition coefficient (Wildman–Crippen LogP) is 1.63. The Kier molecular flexibility index (Phi) is 0.692. The van der Waals surface area contributed by atoms with Gasteiger partial charge in [-0.05, 0) is 6.07 Å². The van der Waals surface area contributed by atoms with E-state index >= 15 is 0 Å². The van der Waals surface area contributed by atoms with Crippen molar-refractivity contribution in [3.8, 4) is 0 Å². The molecule has 0 aliphatic carbocycles. The molecule has 0 spiro atoms. The molecule has 52 valence electrons. The minimum absolute atomic E-state index is 0.815. The summed E-state index contributed by atoms with van der Waals surface area (Å²) in [4.78, 5) is 4.14. The molecule has 0 saturated carbocycles. The van der Waals surface area contributed by atoms with Crippen LogP contribution in [0.3, 0.4) is 0 Å². The average Bonchev–Trinajstić information content (AvgIpc) is 2.60. The summed E-state index contributed by atoms with van der Waals surface area (Å²) < 4.78 is 0. The largest absolute Gasteiger partial charge is 0.276 e. The van der Waals surface area contributed by atoms with Crippen LogP contribution in [0.5, 0.6) is 0 Å². The fraction of sp³-hybridized carbons (Fsp3) is 0. The van der Waals surface area contributed by atoms with Gasteiger partial charge in [0.25, 0.3) is 0 Å². The first-order valence-corrected chi connectivity index (χ1v) is 3.46. The van der Waals surface area contributed by atoms with E-state index in [0.717, 1.165) is 22.3 Å². The molecule has 0 fully saturated rings. The molecule has 3 rings (SSSR count). The lowest BCUT2D eigenvalue weighted by molar-refractivity contribution is 1.11. The van der Waals surface area contributed by atoms with Gasteiger partial charge >= 0.3 is 0 Å². The Labute approximate surface area is 62.8 Å². The minimum atomic E-state index is 0.815. The molecule has 3 heteroatoms. The fourth-order valence-electron chi connectivity index (χ4n) is 1.41. The van der Waals surface area contributed by atoms with Crippen LogP contribution < -0.4 is 0 Å². The highest BCUT2D eigenvalue weighted by Gasteiger charge is 2.11. The Balaban J connectivity index is 2.69. The van der Waals surface area contributed by atoms with E-state index in [0.29, 0.717) is 0 Å². The van der Waals surface area contributed by atoms with E-state index in [4.69, 9.17) is 0 Å². The smallest absolute Gasteiger partial charge is 0.182 e. The van der Waals surface area contributed by atoms with Crippen molar-refractivity contribution in [3.63, 3.8) is 0 Å². The maximum atomic E-state index is 4.14. The number of aliphatic imine (C=N–C) groups is 1. The van der Waals surface area contributed by atoms with Gasteiger partial charge in [-0.25, -0.2) is 4.99 Å². The van der Waals surface area contributed by atoms with Gasteiger partial charge in [-0.15, -0.1) is 0 Å². The summed E-state index contributed by atoms with van der Waals surface area (Å²) in [5.41, 5.74) is 2.22. The summed E-state index contributed by atoms with van der Waals surface area (Å²) >= 11 is 0. The average molecular weight is 143 g/mol. The molecule has 1 aliphatic heterocycles. The lowest BCUT2D eigenvalue weighted by atomic mass is 10.2. The van der Waals surface area contributed by atoms with Gasteiger partial charge in [0.05, 0.1) is 10.9 Å². The highest BCUT2D eigenvalue weighted by Crippen LogP contribution is 2.29. The lowest BCUT2D eigenvalue weighted by Crippen LogP contribution is -1.76. The van der Waals surface area contributed by atoms with Crippen LogP contribution in [0.15, 0.2) is 23.2 Å². The summed E-state index contributed by atoms with van der Waals surface area (Å²) in [6.07, 6.45) is 1.85. The van der Waals surface area contributed by atoms with E-state index in [2.05, 4.69) is 15.2 Å². The Morgan fingerprint density at radius 2 is 2.27 bits per heavy atom. The topological polar surface area (TPSA) is 41.0 Å². The van der Waals surface area contributed by atoms with Crippen LogP contribution in [0.2, 0.25) is 0 Å². The van der Waals surface area contributed by atoms with Crippen LogP contribution in [0.1, 0.15) is 5.56 Å². The van der Waals surface area contributed by atoms with Gasteiger partial charge in [-0.1, -0.05) is 12.1 Å². The molecule has 2 aromatic rings. The molecule has 0 radical (unpaired) electrons. The third-order valence-electron chi connectivity index (χ3n) is 1.93. The van der Waals surface area contributed by atoms with Crippen molar-refractivity contribution in [3.05, 3.63) is 23.8 Å². The Morgan fingerprint density at radius 1 is 1.27 bits per heavy atom. The Bertz CT molecular complexity index is 453. The van der Waals surface area contributed by atoms with Crippen LogP contribution in [0.25, 0.3) is 10.9 Å². The Hall–Kier alpha value is -1.64. The number of hydrogen-bond acceptors (Lipinski definition) is 2. The maximum Gasteiger partial charge on any atom is 0.182 e. The molecule has 1 aromatic carbocycles. The molecule has 3 nitrogen and oxygen atoms in total. The number of rotatable bonds is 0. The number of nitrogens with zero attached hydrogens (tertiary/aromatic N) is 2. The van der Waals surface area contributed by atoms with Gasteiger partial charge < -0.3 is 0 Å². The second-order valence-electron chi connectivity index (χ2n) is 2.58. The molecule has 0 atom stereocenters. The molecule has 1 N–H and O–H groups in total. The molecule has 11 heavy (non-hydrogen) atoms. The molecular formula is C8H5N3. The van der Waals surface area contributed by atoms with Gasteiger partial charge in [0.2, 0.25) is 0 Å². The summed E-state index contributed by atoms with van der Waals surface area (Å²) in [6, 6.07) is 6.04. The van der Waals surface area contributed by atoms with E-state index in [-0.39, 0.29) is 0 Å². The molecule has 0 bridgehead atoms. The first kappa shape index (κ1) is 5.07. The van der Waals surface area contributed by atoms with Crippen molar-refractivity contribution < 1.29 is 0 Å². The van der Waals surface area contributed by atoms with E-state index in [9.17, 15) is 0 Å². The summed E-state index contributed by atoms with van der Waals surface area (Å²) in [6.45, 7) is 0. The van der Waals surface area contributed by atoms with Gasteiger partial charge in [0, 0.05) is 11.8 Å². The van der Waals surface area contributed by atoms with Gasteiger partial charge in [0.1, 0.15) is 0 Å². The molecule has 1 aromatic heterocycles. The van der Waals surface area contributed by atoms with Crippen molar-refractivity contribution >= 4 is 22.9 Å². The molecule has 0 amide bonds. The van der Waals surface area contributed by atoms with Crippen LogP contribution in [-0.4, -0.2) is 16.4 Å². The minimum Gasteiger partial charge on any atom is -0.276 e. The highest BCUT2D eigenvalue weighted by atomic mass is 15.2. The predicted molar refractivity (Wildman–Crippen MR) is 43.3 cm³/mol. The number of H-pyrrole nitrogens is 1. The number of nitrogens with one attached hydrogen (secondary N) is 1. The zero-order chi connectivity index (χ0) is 7.26. The van der Waals surface area contributed by atoms with Crippen molar-refractivity contribution in [1.82, 2.24) is 10.2 Å². The second kappa shape index (κ2) is 1.50. The first-order chi connectivity index (χ1) is 5.45. The lowest BCUT2D eigenvalue weighted by Gasteiger charge is -1.88. The van der Waals surface area contributed by atoms with Crippen molar-refractivity contribution in [1.29, 1.82) is 0 Å². The monoisotopic (exact) mass is 143 g/mol. The van der Waals surface area contributed by atoms with Crippen LogP contribution in [0, 0.1) is 0 Å². The normalized spacial score (nSPS) is 13.1. The molecule has 0 unspecified atom stereocenters. The standard InChI is InChI=1S/C8H5N3/c1-2-5-4-9-8-7(5)6(3-1)10-11-8/h1-4H,(H,10,11). The van der Waals surface area contributed by atoms with E-state index in [1.165, 1.54) is 0 Å². The summed E-state index contributed by atoms with van der Waals surface area (Å²) in [5, 5.41) is 8.10. The van der Waals surface area contributed by atoms with Crippen LogP contribution in [0.4, 0.5) is 5.82 Å². The molecule has 0 saturated heterocycles. The van der Waals surface area contributed by atoms with Crippen LogP contribution in [-0.2, 0) is 0 Å². The van der Waals surface area contributed by atoms with Gasteiger partial charge in [0.15, 0.2) is 5.82 Å². The molecular weight excluding hydrogens is 138 g/mol. The Morgan fingerprint density at radius 3 is 3.27 bits per heavy atom. The number of aromatic amines is 1. The number of aromatic nitrogens is 2. The van der Waals surface area contributed by atoms with E-state index in [1.807, 2.05) is 24.4 Å². The zero-order valence-corrected chi connectivity index (χ0v) is 5.70. The van der Waals surface area contributed by atoms with Crippen molar-refractivity contribution in [2.24, 2.45) is 4.99 Å². The fourth-order valence-corrected chi connectivity index (χ4v) is 1.41. The third kappa shape index (κ3) is 0.487. The number of hydrogen-bond donors (Lipinski definition) is 1. The molecule has 2 heterocycles. The van der Waals surface area contributed by atoms with Gasteiger partial charge in [-0.3, -0.25) is 5.10 Å². The van der Waals surface area contributed by atoms with E-state index in [1.54, 1.807) is 0 Å². The second-order valence-corrected chi connectivity index (χ2v) is 2.58. The van der Waals surface area contributed by atoms with Crippen molar-refractivity contribution in [2.75, 3.05) is 0 Å². The molecule has 1 aliphatic rings. The van der Waals surface area contributed by atoms with Crippen molar-refractivity contribution in [2.45, 2.75) is 0 Å². The SMILES string of the molecule is C1=Nc2n[nH]c3cccc1c23. The van der Waals surface area contributed by atoms with Crippen LogP contribution >= 0.6 is 0 Å². The van der Waals surface area contributed by atoms with Gasteiger partial charge in [-0.2, -0.15) is 5.10 Å². The number of benzene rings is 1. The summed E-state index contributed by atoms with van der Waals surface area (Å²) in [7, 11) is 0.